The molecule has 0 unspecified atom stereocenters. The molecule has 3 aromatic rings. The van der Waals surface area contributed by atoms with E-state index in [0.717, 1.165) is 23.0 Å². The van der Waals surface area contributed by atoms with E-state index in [1.807, 2.05) is 6.92 Å². The quantitative estimate of drug-likeness (QED) is 0.625. The van der Waals surface area contributed by atoms with Crippen LogP contribution in [0.1, 0.15) is 18.4 Å². The monoisotopic (exact) mass is 456 g/mol. The molecule has 1 saturated heterocycles. The van der Waals surface area contributed by atoms with Crippen molar-refractivity contribution >= 4 is 32.5 Å². The number of amides is 1. The van der Waals surface area contributed by atoms with E-state index in [2.05, 4.69) is 4.72 Å². The molecule has 4 rings (SSSR count). The normalized spacial score (nSPS) is 14.1. The van der Waals surface area contributed by atoms with Gasteiger partial charge in [0.2, 0.25) is 5.91 Å². The summed E-state index contributed by atoms with van der Waals surface area (Å²) in [5, 5.41) is 0.0492. The number of aryl methyl sites for hydroxylation is 2. The van der Waals surface area contributed by atoms with Gasteiger partial charge >= 0.3 is 5.69 Å². The minimum absolute atomic E-state index is 0.0492. The van der Waals surface area contributed by atoms with Crippen molar-refractivity contribution < 1.29 is 13.2 Å². The number of aromatic nitrogens is 2. The molecule has 0 bridgehead atoms. The van der Waals surface area contributed by atoms with E-state index >= 15 is 0 Å². The zero-order chi connectivity index (χ0) is 23.0. The minimum atomic E-state index is -3.97. The molecule has 2 heterocycles. The molecule has 0 saturated carbocycles. The molecular formula is C22H24N4O5S. The van der Waals surface area contributed by atoms with Gasteiger partial charge in [-0.2, -0.15) is 0 Å². The highest BCUT2D eigenvalue weighted by atomic mass is 32.2. The molecule has 9 nitrogen and oxygen atoms in total. The third-order valence-electron chi connectivity index (χ3n) is 5.69. The van der Waals surface area contributed by atoms with Crippen molar-refractivity contribution in [3.63, 3.8) is 0 Å². The minimum Gasteiger partial charge on any atom is -0.341 e. The van der Waals surface area contributed by atoms with Crippen LogP contribution in [-0.4, -0.2) is 41.4 Å². The fraction of sp³-hybridized carbons (Fsp3) is 0.318. The lowest BCUT2D eigenvalue weighted by molar-refractivity contribution is -0.130. The van der Waals surface area contributed by atoms with Crippen LogP contribution in [-0.2, 0) is 28.4 Å². The fourth-order valence-corrected chi connectivity index (χ4v) is 4.92. The molecule has 168 valence electrons. The molecule has 0 spiro atoms. The number of fused-ring (bicyclic) bond motifs is 1. The lowest BCUT2D eigenvalue weighted by atomic mass is 10.2. The molecule has 1 N–H and O–H groups in total. The summed E-state index contributed by atoms with van der Waals surface area (Å²) in [7, 11) is -2.48. The van der Waals surface area contributed by atoms with Crippen LogP contribution in [0, 0.1) is 6.92 Å². The summed E-state index contributed by atoms with van der Waals surface area (Å²) in [5.74, 6) is -0.300. The van der Waals surface area contributed by atoms with Crippen molar-refractivity contribution in [3.05, 3.63) is 68.9 Å². The largest absolute Gasteiger partial charge is 0.341 e. The van der Waals surface area contributed by atoms with Gasteiger partial charge in [0.1, 0.15) is 6.54 Å². The molecule has 0 radical (unpaired) electrons. The van der Waals surface area contributed by atoms with Crippen LogP contribution in [0.5, 0.6) is 0 Å². The van der Waals surface area contributed by atoms with Crippen molar-refractivity contribution in [1.29, 1.82) is 0 Å². The second-order valence-electron chi connectivity index (χ2n) is 7.97. The van der Waals surface area contributed by atoms with E-state index in [-0.39, 0.29) is 22.7 Å². The zero-order valence-electron chi connectivity index (χ0n) is 17.9. The van der Waals surface area contributed by atoms with Crippen molar-refractivity contribution in [2.45, 2.75) is 31.2 Å². The smallest absolute Gasteiger partial charge is 0.331 e. The van der Waals surface area contributed by atoms with Gasteiger partial charge in [0.15, 0.2) is 0 Å². The van der Waals surface area contributed by atoms with Gasteiger partial charge in [0.25, 0.3) is 15.6 Å². The molecule has 1 aliphatic rings. The third kappa shape index (κ3) is 4.05. The van der Waals surface area contributed by atoms with Gasteiger partial charge < -0.3 is 4.90 Å². The molecule has 1 fully saturated rings. The lowest BCUT2D eigenvalue weighted by Gasteiger charge is -2.17. The summed E-state index contributed by atoms with van der Waals surface area (Å²) < 4.78 is 30.4. The molecule has 2 aromatic carbocycles. The number of anilines is 1. The summed E-state index contributed by atoms with van der Waals surface area (Å²) in [6.07, 6.45) is 1.79. The van der Waals surface area contributed by atoms with Gasteiger partial charge in [-0.05, 0) is 50.1 Å². The molecule has 1 aliphatic heterocycles. The number of hydrogen-bond acceptors (Lipinski definition) is 5. The van der Waals surface area contributed by atoms with E-state index < -0.39 is 21.3 Å². The average molecular weight is 457 g/mol. The van der Waals surface area contributed by atoms with Crippen LogP contribution in [0.3, 0.4) is 0 Å². The number of carbonyl (C=O) groups is 1. The van der Waals surface area contributed by atoms with E-state index in [0.29, 0.717) is 24.3 Å². The highest BCUT2D eigenvalue weighted by Gasteiger charge is 2.22. The SMILES string of the molecule is Cc1ccc(NS(=O)(=O)c2ccc3c(c2)c(=O)n(CC(=O)N2CCCC2)c(=O)n3C)cc1. The number of rotatable bonds is 5. The highest BCUT2D eigenvalue weighted by molar-refractivity contribution is 7.92. The maximum Gasteiger partial charge on any atom is 0.331 e. The van der Waals surface area contributed by atoms with Crippen LogP contribution in [0.15, 0.2) is 56.9 Å². The predicted octanol–water partition coefficient (Wildman–Crippen LogP) is 1.43. The average Bonchev–Trinajstić information content (AvgIpc) is 3.31. The molecule has 0 atom stereocenters. The number of nitrogens with one attached hydrogen (secondary N) is 1. The van der Waals surface area contributed by atoms with Crippen molar-refractivity contribution in [2.24, 2.45) is 7.05 Å². The summed E-state index contributed by atoms with van der Waals surface area (Å²) in [6, 6.07) is 10.9. The van der Waals surface area contributed by atoms with Crippen LogP contribution in [0.2, 0.25) is 0 Å². The van der Waals surface area contributed by atoms with Crippen LogP contribution in [0.4, 0.5) is 5.69 Å². The van der Waals surface area contributed by atoms with Gasteiger partial charge in [-0.1, -0.05) is 17.7 Å². The molecule has 0 aliphatic carbocycles. The van der Waals surface area contributed by atoms with E-state index in [9.17, 15) is 22.8 Å². The molecule has 1 amide bonds. The lowest BCUT2D eigenvalue weighted by Crippen LogP contribution is -2.43. The number of carbonyl (C=O) groups excluding carboxylic acids is 1. The highest BCUT2D eigenvalue weighted by Crippen LogP contribution is 2.19. The number of nitrogens with zero attached hydrogens (tertiary/aromatic N) is 3. The Labute approximate surface area is 184 Å². The predicted molar refractivity (Wildman–Crippen MR) is 121 cm³/mol. The Morgan fingerprint density at radius 2 is 1.69 bits per heavy atom. The first kappa shape index (κ1) is 21.8. The Balaban J connectivity index is 1.75. The summed E-state index contributed by atoms with van der Waals surface area (Å²) >= 11 is 0. The van der Waals surface area contributed by atoms with Crippen molar-refractivity contribution in [3.8, 4) is 0 Å². The standard InChI is InChI=1S/C22H24N4O5S/c1-15-5-7-16(8-6-15)23-32(30,31)17-9-10-19-18(13-17)21(28)26(22(29)24(19)2)14-20(27)25-11-3-4-12-25/h5-10,13,23H,3-4,11-12,14H2,1-2H3. The topological polar surface area (TPSA) is 110 Å². The van der Waals surface area contributed by atoms with Crippen LogP contribution >= 0.6 is 0 Å². The van der Waals surface area contributed by atoms with E-state index in [1.165, 1.54) is 29.8 Å². The van der Waals surface area contributed by atoms with Gasteiger partial charge in [-0.3, -0.25) is 23.4 Å². The fourth-order valence-electron chi connectivity index (χ4n) is 3.84. The number of likely N-dealkylation sites (tertiary alicyclic amines) is 1. The third-order valence-corrected chi connectivity index (χ3v) is 7.07. The number of sulfonamides is 1. The van der Waals surface area contributed by atoms with Gasteiger partial charge in [0.05, 0.1) is 15.8 Å². The summed E-state index contributed by atoms with van der Waals surface area (Å²) in [5.41, 5.74) is 0.360. The van der Waals surface area contributed by atoms with Crippen LogP contribution in [0.25, 0.3) is 10.9 Å². The Bertz CT molecular complexity index is 1420. The van der Waals surface area contributed by atoms with Crippen molar-refractivity contribution in [1.82, 2.24) is 14.0 Å². The van der Waals surface area contributed by atoms with E-state index in [4.69, 9.17) is 0 Å². The second-order valence-corrected chi connectivity index (χ2v) is 9.65. The number of hydrogen-bond donors (Lipinski definition) is 1. The molecule has 32 heavy (non-hydrogen) atoms. The second kappa shape index (κ2) is 8.27. The van der Waals surface area contributed by atoms with Gasteiger partial charge in [-0.15, -0.1) is 0 Å². The first-order valence-corrected chi connectivity index (χ1v) is 11.8. The molecule has 10 heteroatoms. The van der Waals surface area contributed by atoms with Gasteiger partial charge in [-0.25, -0.2) is 13.2 Å². The first-order valence-electron chi connectivity index (χ1n) is 10.3. The Hall–Kier alpha value is -3.40. The van der Waals surface area contributed by atoms with E-state index in [1.54, 1.807) is 29.2 Å². The Morgan fingerprint density at radius 1 is 1.03 bits per heavy atom. The Kier molecular flexibility index (Phi) is 5.64. The summed E-state index contributed by atoms with van der Waals surface area (Å²) in [4.78, 5) is 39.9. The Morgan fingerprint density at radius 3 is 2.34 bits per heavy atom. The zero-order valence-corrected chi connectivity index (χ0v) is 18.7. The van der Waals surface area contributed by atoms with Crippen molar-refractivity contribution in [2.75, 3.05) is 17.8 Å². The molecule has 1 aromatic heterocycles. The maximum absolute atomic E-state index is 13.1. The van der Waals surface area contributed by atoms with Gasteiger partial charge in [0, 0.05) is 25.8 Å². The maximum atomic E-state index is 13.1. The summed E-state index contributed by atoms with van der Waals surface area (Å²) in [6.45, 7) is 2.73. The first-order chi connectivity index (χ1) is 15.2. The molecular weight excluding hydrogens is 432 g/mol. The van der Waals surface area contributed by atoms with Crippen LogP contribution < -0.4 is 16.0 Å². The number of benzene rings is 2.